The summed E-state index contributed by atoms with van der Waals surface area (Å²) in [6.45, 7) is 10.1. The van der Waals surface area contributed by atoms with Crippen LogP contribution in [0.2, 0.25) is 0 Å². The summed E-state index contributed by atoms with van der Waals surface area (Å²) in [4.78, 5) is 37.0. The van der Waals surface area contributed by atoms with Crippen LogP contribution in [-0.4, -0.2) is 23.4 Å². The Kier molecular flexibility index (Phi) is 3.56. The molecule has 0 bridgehead atoms. The Bertz CT molecular complexity index is 377. The van der Waals surface area contributed by atoms with Crippen molar-refractivity contribution >= 4 is 17.3 Å². The van der Waals surface area contributed by atoms with Gasteiger partial charge in [0.1, 0.15) is 0 Å². The molecule has 0 heterocycles. The topological polar surface area (TPSA) is 77.2 Å². The van der Waals surface area contributed by atoms with Gasteiger partial charge in [-0.15, -0.1) is 0 Å². The van der Waals surface area contributed by atoms with E-state index in [2.05, 4.69) is 0 Å². The average molecular weight is 253 g/mol. The molecule has 0 saturated heterocycles. The number of hydrogen-bond acceptors (Lipinski definition) is 4. The predicted molar refractivity (Wildman–Crippen MR) is 68.9 cm³/mol. The zero-order valence-electron chi connectivity index (χ0n) is 12.0. The van der Waals surface area contributed by atoms with Crippen LogP contribution in [0.25, 0.3) is 0 Å². The van der Waals surface area contributed by atoms with E-state index in [4.69, 9.17) is 5.73 Å². The van der Waals surface area contributed by atoms with Crippen LogP contribution in [0.3, 0.4) is 0 Å². The van der Waals surface area contributed by atoms with Crippen molar-refractivity contribution in [2.75, 3.05) is 0 Å². The molecule has 1 saturated carbocycles. The number of ketones is 3. The van der Waals surface area contributed by atoms with E-state index in [1.54, 1.807) is 27.7 Å². The van der Waals surface area contributed by atoms with Crippen molar-refractivity contribution in [2.24, 2.45) is 28.4 Å². The summed E-state index contributed by atoms with van der Waals surface area (Å²) in [7, 11) is 0. The molecule has 18 heavy (non-hydrogen) atoms. The molecule has 1 aliphatic rings. The van der Waals surface area contributed by atoms with Gasteiger partial charge in [0.25, 0.3) is 0 Å². The fraction of sp³-hybridized carbons (Fsp3) is 0.786. The Morgan fingerprint density at radius 3 is 1.56 bits per heavy atom. The van der Waals surface area contributed by atoms with Crippen molar-refractivity contribution in [1.82, 2.24) is 0 Å². The Morgan fingerprint density at radius 2 is 1.28 bits per heavy atom. The van der Waals surface area contributed by atoms with E-state index in [0.29, 0.717) is 0 Å². The molecule has 0 aliphatic heterocycles. The molecule has 2 N–H and O–H groups in total. The normalized spacial score (nSPS) is 25.7. The molecule has 1 rings (SSSR count). The fourth-order valence-electron chi connectivity index (χ4n) is 2.64. The van der Waals surface area contributed by atoms with Gasteiger partial charge in [0, 0.05) is 6.04 Å². The van der Waals surface area contributed by atoms with Gasteiger partial charge < -0.3 is 5.73 Å². The van der Waals surface area contributed by atoms with E-state index in [0.717, 1.165) is 0 Å². The fourth-order valence-corrected chi connectivity index (χ4v) is 2.64. The quantitative estimate of drug-likeness (QED) is 0.754. The highest BCUT2D eigenvalue weighted by molar-refractivity contribution is 6.28. The molecule has 0 radical (unpaired) electrons. The largest absolute Gasteiger partial charge is 0.326 e. The monoisotopic (exact) mass is 253 g/mol. The summed E-state index contributed by atoms with van der Waals surface area (Å²) in [6.07, 6.45) is 0. The van der Waals surface area contributed by atoms with E-state index in [1.165, 1.54) is 0 Å². The van der Waals surface area contributed by atoms with Crippen molar-refractivity contribution < 1.29 is 14.4 Å². The number of carbonyl (C=O) groups excluding carboxylic acids is 3. The lowest BCUT2D eigenvalue weighted by Gasteiger charge is -2.43. The van der Waals surface area contributed by atoms with Gasteiger partial charge in [0.15, 0.2) is 17.3 Å². The van der Waals surface area contributed by atoms with Crippen LogP contribution in [0.15, 0.2) is 0 Å². The second kappa shape index (κ2) is 4.26. The molecule has 0 aromatic carbocycles. The predicted octanol–water partition coefficient (Wildman–Crippen LogP) is 1.36. The molecule has 0 spiro atoms. The van der Waals surface area contributed by atoms with Gasteiger partial charge in [-0.1, -0.05) is 13.8 Å². The average Bonchev–Trinajstić information content (AvgIpc) is 2.25. The maximum absolute atomic E-state index is 12.4. The molecule has 102 valence electrons. The molecule has 1 atom stereocenters. The van der Waals surface area contributed by atoms with E-state index in [9.17, 15) is 14.4 Å². The van der Waals surface area contributed by atoms with E-state index < -0.39 is 22.8 Å². The van der Waals surface area contributed by atoms with Crippen LogP contribution in [-0.2, 0) is 14.4 Å². The van der Waals surface area contributed by atoms with Crippen molar-refractivity contribution in [3.8, 4) is 0 Å². The maximum atomic E-state index is 12.4. The van der Waals surface area contributed by atoms with E-state index in [1.807, 2.05) is 13.8 Å². The minimum absolute atomic E-state index is 0.0164. The van der Waals surface area contributed by atoms with Crippen LogP contribution >= 0.6 is 0 Å². The summed E-state index contributed by atoms with van der Waals surface area (Å²) >= 11 is 0. The number of hydrogen-bond donors (Lipinski definition) is 1. The first-order chi connectivity index (χ1) is 7.95. The molecule has 4 nitrogen and oxygen atoms in total. The third-order valence-electron chi connectivity index (χ3n) is 4.09. The van der Waals surface area contributed by atoms with Gasteiger partial charge in [0.05, 0.1) is 16.7 Å². The number of nitrogens with two attached hydrogens (primary N) is 1. The van der Waals surface area contributed by atoms with E-state index in [-0.39, 0.29) is 23.3 Å². The van der Waals surface area contributed by atoms with Gasteiger partial charge in [-0.2, -0.15) is 0 Å². The zero-order chi connectivity index (χ0) is 14.5. The van der Waals surface area contributed by atoms with Crippen LogP contribution in [0, 0.1) is 22.7 Å². The summed E-state index contributed by atoms with van der Waals surface area (Å²) in [5.41, 5.74) is 3.75. The van der Waals surface area contributed by atoms with Gasteiger partial charge in [0.2, 0.25) is 0 Å². The molecular weight excluding hydrogens is 230 g/mol. The van der Waals surface area contributed by atoms with Crippen LogP contribution in [0.1, 0.15) is 41.5 Å². The lowest BCUT2D eigenvalue weighted by Crippen LogP contribution is -2.62. The van der Waals surface area contributed by atoms with Crippen molar-refractivity contribution in [2.45, 2.75) is 47.6 Å². The standard InChI is InChI=1S/C14H23NO3/c1-7(2)9(15)8-10(16)13(3,4)12(18)14(5,6)11(8)17/h7-9H,15H2,1-6H3. The Labute approximate surface area is 108 Å². The highest BCUT2D eigenvalue weighted by Crippen LogP contribution is 2.42. The number of rotatable bonds is 2. The molecule has 4 heteroatoms. The molecule has 0 amide bonds. The Morgan fingerprint density at radius 1 is 0.944 bits per heavy atom. The minimum Gasteiger partial charge on any atom is -0.326 e. The zero-order valence-corrected chi connectivity index (χ0v) is 12.0. The number of Topliss-reactive ketones (excluding diaryl/α,β-unsaturated/α-hetero) is 3. The van der Waals surface area contributed by atoms with Crippen LogP contribution in [0.5, 0.6) is 0 Å². The molecule has 0 aromatic heterocycles. The van der Waals surface area contributed by atoms with Crippen LogP contribution < -0.4 is 5.73 Å². The first-order valence-electron chi connectivity index (χ1n) is 6.34. The molecule has 0 aromatic rings. The first-order valence-corrected chi connectivity index (χ1v) is 6.34. The van der Waals surface area contributed by atoms with E-state index >= 15 is 0 Å². The lowest BCUT2D eigenvalue weighted by atomic mass is 9.57. The summed E-state index contributed by atoms with van der Waals surface area (Å²) in [6, 6.07) is -0.531. The van der Waals surface area contributed by atoms with Gasteiger partial charge in [-0.3, -0.25) is 14.4 Å². The van der Waals surface area contributed by atoms with Gasteiger partial charge in [-0.05, 0) is 33.6 Å². The van der Waals surface area contributed by atoms with Gasteiger partial charge >= 0.3 is 0 Å². The minimum atomic E-state index is -1.13. The van der Waals surface area contributed by atoms with Gasteiger partial charge in [-0.25, -0.2) is 0 Å². The SMILES string of the molecule is CC(C)C(N)C1C(=O)C(C)(C)C(=O)C(C)(C)C1=O. The summed E-state index contributed by atoms with van der Waals surface area (Å²) < 4.78 is 0. The summed E-state index contributed by atoms with van der Waals surface area (Å²) in [5.74, 6) is -1.83. The first kappa shape index (κ1) is 15.0. The van der Waals surface area contributed by atoms with Crippen molar-refractivity contribution in [1.29, 1.82) is 0 Å². The van der Waals surface area contributed by atoms with Crippen molar-refractivity contribution in [3.05, 3.63) is 0 Å². The maximum Gasteiger partial charge on any atom is 0.158 e. The lowest BCUT2D eigenvalue weighted by molar-refractivity contribution is -0.161. The Balaban J connectivity index is 3.33. The second-order valence-corrected chi connectivity index (χ2v) is 6.61. The third kappa shape index (κ3) is 1.92. The molecule has 1 aliphatic carbocycles. The highest BCUT2D eigenvalue weighted by Gasteiger charge is 2.59. The van der Waals surface area contributed by atoms with Crippen LogP contribution in [0.4, 0.5) is 0 Å². The molecular formula is C14H23NO3. The van der Waals surface area contributed by atoms with Crippen molar-refractivity contribution in [3.63, 3.8) is 0 Å². The third-order valence-corrected chi connectivity index (χ3v) is 4.09. The molecule has 1 fully saturated rings. The Hall–Kier alpha value is -1.03. The molecule has 1 unspecified atom stereocenters. The smallest absolute Gasteiger partial charge is 0.158 e. The highest BCUT2D eigenvalue weighted by atomic mass is 16.2. The second-order valence-electron chi connectivity index (χ2n) is 6.61. The summed E-state index contributed by atoms with van der Waals surface area (Å²) in [5, 5.41) is 0. The number of carbonyl (C=O) groups is 3.